The first-order valence-electron chi connectivity index (χ1n) is 9.25. The van der Waals surface area contributed by atoms with Crippen LogP contribution in [0.15, 0.2) is 91.0 Å². The summed E-state index contributed by atoms with van der Waals surface area (Å²) < 4.78 is 0. The van der Waals surface area contributed by atoms with Gasteiger partial charge in [-0.15, -0.1) is 0 Å². The fraction of sp³-hybridized carbons (Fsp3) is 0.167. The van der Waals surface area contributed by atoms with Crippen LogP contribution >= 0.6 is 0 Å². The van der Waals surface area contributed by atoms with Gasteiger partial charge in [0.15, 0.2) is 0 Å². The van der Waals surface area contributed by atoms with Crippen molar-refractivity contribution in [3.05, 3.63) is 91.0 Å². The summed E-state index contributed by atoms with van der Waals surface area (Å²) in [5, 5.41) is 3.99. The van der Waals surface area contributed by atoms with Gasteiger partial charge in [-0.1, -0.05) is 96.5 Å². The van der Waals surface area contributed by atoms with E-state index in [0.717, 1.165) is 13.1 Å². The van der Waals surface area contributed by atoms with Gasteiger partial charge in [0.05, 0.1) is 0 Å². The van der Waals surface area contributed by atoms with Crippen molar-refractivity contribution in [3.63, 3.8) is 0 Å². The fourth-order valence-corrected chi connectivity index (χ4v) is 7.16. The zero-order valence-electron chi connectivity index (χ0n) is 15.5. The highest BCUT2D eigenvalue weighted by Gasteiger charge is 2.38. The second-order valence-electron chi connectivity index (χ2n) is 6.26. The zero-order chi connectivity index (χ0) is 18.2. The van der Waals surface area contributed by atoms with Crippen LogP contribution in [-0.2, 0) is 0 Å². The number of rotatable bonds is 5. The maximum absolute atomic E-state index is 3.80. The summed E-state index contributed by atoms with van der Waals surface area (Å²) in [5.74, 6) is 0. The number of hydrogen-bond donors (Lipinski definition) is 0. The van der Waals surface area contributed by atoms with Crippen LogP contribution in [0, 0.1) is 11.6 Å². The summed E-state index contributed by atoms with van der Waals surface area (Å²) in [6, 6.07) is 35.9. The van der Waals surface area contributed by atoms with Crippen LogP contribution in [0.5, 0.6) is 0 Å². The van der Waals surface area contributed by atoms with Crippen molar-refractivity contribution >= 4 is 23.6 Å². The number of nitrogens with zero attached hydrogens (tertiary/aromatic N) is 1. The van der Waals surface area contributed by atoms with Crippen molar-refractivity contribution in [2.24, 2.45) is 0 Å². The van der Waals surface area contributed by atoms with Crippen LogP contribution < -0.4 is 15.6 Å². The lowest BCUT2D eigenvalue weighted by molar-refractivity contribution is 0.444. The molecular weight excluding hydrogens is 330 g/mol. The number of hydrogen-bond acceptors (Lipinski definition) is 1. The van der Waals surface area contributed by atoms with Crippen molar-refractivity contribution in [2.45, 2.75) is 13.8 Å². The maximum Gasteiger partial charge on any atom is 0.232 e. The molecule has 130 valence electrons. The lowest BCUT2D eigenvalue weighted by Crippen LogP contribution is -2.66. The number of benzene rings is 3. The van der Waals surface area contributed by atoms with Crippen molar-refractivity contribution in [1.29, 1.82) is 0 Å². The Hall–Kier alpha value is -2.76. The van der Waals surface area contributed by atoms with Crippen molar-refractivity contribution < 1.29 is 0 Å². The molecule has 0 saturated heterocycles. The predicted molar refractivity (Wildman–Crippen MR) is 115 cm³/mol. The minimum Gasteiger partial charge on any atom is -0.334 e. The largest absolute Gasteiger partial charge is 0.334 e. The molecule has 0 bridgehead atoms. The molecule has 2 heteroatoms. The normalized spacial score (nSPS) is 10.7. The quantitative estimate of drug-likeness (QED) is 0.294. The lowest BCUT2D eigenvalue weighted by atomic mass is 10.3. The monoisotopic (exact) mass is 355 g/mol. The van der Waals surface area contributed by atoms with Crippen LogP contribution in [0.1, 0.15) is 13.8 Å². The Kier molecular flexibility index (Phi) is 5.94. The van der Waals surface area contributed by atoms with Gasteiger partial charge >= 0.3 is 0 Å². The maximum atomic E-state index is 3.80. The molecule has 0 amide bonds. The molecule has 0 heterocycles. The minimum atomic E-state index is -2.42. The topological polar surface area (TPSA) is 3.24 Å². The summed E-state index contributed by atoms with van der Waals surface area (Å²) in [7, 11) is -2.42. The standard InChI is InChI=1S/C24H25NSi/c1-3-25(4-2)20-21-26(22-14-8-5-9-15-22,23-16-10-6-11-17-23)24-18-12-7-13-19-24/h5-19H,3-4H2,1-2H3. The van der Waals surface area contributed by atoms with E-state index in [9.17, 15) is 0 Å². The zero-order valence-corrected chi connectivity index (χ0v) is 16.5. The molecule has 1 nitrogen and oxygen atoms in total. The van der Waals surface area contributed by atoms with Crippen molar-refractivity contribution in [1.82, 2.24) is 4.90 Å². The van der Waals surface area contributed by atoms with Crippen LogP contribution in [0.2, 0.25) is 0 Å². The Morgan fingerprint density at radius 3 is 1.27 bits per heavy atom. The molecule has 0 aromatic heterocycles. The van der Waals surface area contributed by atoms with Crippen molar-refractivity contribution in [3.8, 4) is 11.6 Å². The van der Waals surface area contributed by atoms with Gasteiger partial charge in [0.2, 0.25) is 8.07 Å². The Morgan fingerprint density at radius 2 is 0.962 bits per heavy atom. The second-order valence-corrected chi connectivity index (χ2v) is 9.74. The highest BCUT2D eigenvalue weighted by atomic mass is 28.3. The molecular formula is C24H25NSi. The van der Waals surface area contributed by atoms with E-state index in [1.165, 1.54) is 15.6 Å². The molecule has 0 fully saturated rings. The highest BCUT2D eigenvalue weighted by Crippen LogP contribution is 2.07. The minimum absolute atomic E-state index is 0.937. The third-order valence-electron chi connectivity index (χ3n) is 4.79. The molecule has 0 aliphatic rings. The van der Waals surface area contributed by atoms with Gasteiger partial charge in [-0.25, -0.2) is 0 Å². The van der Waals surface area contributed by atoms with Crippen molar-refractivity contribution in [2.75, 3.05) is 13.1 Å². The molecule has 3 aromatic rings. The molecule has 26 heavy (non-hydrogen) atoms. The van der Waals surface area contributed by atoms with E-state index in [1.54, 1.807) is 0 Å². The Balaban J connectivity index is 2.32. The van der Waals surface area contributed by atoms with Crippen LogP contribution in [0.3, 0.4) is 0 Å². The van der Waals surface area contributed by atoms with Crippen LogP contribution in [0.4, 0.5) is 0 Å². The van der Waals surface area contributed by atoms with E-state index in [-0.39, 0.29) is 0 Å². The lowest BCUT2D eigenvalue weighted by Gasteiger charge is -2.28. The summed E-state index contributed by atoms with van der Waals surface area (Å²) in [5.41, 5.74) is 3.80. The van der Waals surface area contributed by atoms with E-state index in [4.69, 9.17) is 0 Å². The first-order chi connectivity index (χ1) is 12.8. The van der Waals surface area contributed by atoms with Crippen LogP contribution in [-0.4, -0.2) is 26.1 Å². The molecule has 0 N–H and O–H groups in total. The summed E-state index contributed by atoms with van der Waals surface area (Å²) in [6.07, 6.45) is 0. The Bertz CT molecular complexity index is 763. The molecule has 0 atom stereocenters. The first-order valence-corrected chi connectivity index (χ1v) is 11.3. The average Bonchev–Trinajstić information content (AvgIpc) is 2.74. The summed E-state index contributed by atoms with van der Waals surface area (Å²) >= 11 is 0. The van der Waals surface area contributed by atoms with Gasteiger partial charge in [0.1, 0.15) is 0 Å². The third kappa shape index (κ3) is 3.59. The summed E-state index contributed by atoms with van der Waals surface area (Å²) in [4.78, 5) is 2.19. The molecule has 0 spiro atoms. The molecule has 0 aliphatic heterocycles. The van der Waals surface area contributed by atoms with E-state index in [0.29, 0.717) is 0 Å². The third-order valence-corrected chi connectivity index (χ3v) is 8.87. The van der Waals surface area contributed by atoms with Gasteiger partial charge in [-0.3, -0.25) is 0 Å². The summed E-state index contributed by atoms with van der Waals surface area (Å²) in [6.45, 7) is 6.20. The molecule has 0 unspecified atom stereocenters. The van der Waals surface area contributed by atoms with E-state index in [2.05, 4.69) is 121 Å². The van der Waals surface area contributed by atoms with Gasteiger partial charge in [-0.05, 0) is 29.4 Å². The Labute approximate surface area is 158 Å². The molecule has 0 aliphatic carbocycles. The van der Waals surface area contributed by atoms with Gasteiger partial charge in [-0.2, -0.15) is 0 Å². The molecule has 3 rings (SSSR count). The van der Waals surface area contributed by atoms with Gasteiger partial charge < -0.3 is 4.90 Å². The second kappa shape index (κ2) is 8.56. The fourth-order valence-electron chi connectivity index (χ4n) is 3.33. The molecule has 0 saturated carbocycles. The SMILES string of the molecule is CCN(C#C[Si](c1ccccc1)(c1ccccc1)c1ccccc1)CC. The highest BCUT2D eigenvalue weighted by molar-refractivity contribution is 7.16. The van der Waals surface area contributed by atoms with Crippen LogP contribution in [0.25, 0.3) is 0 Å². The van der Waals surface area contributed by atoms with Gasteiger partial charge in [0.25, 0.3) is 0 Å². The Morgan fingerprint density at radius 1 is 0.615 bits per heavy atom. The smallest absolute Gasteiger partial charge is 0.232 e. The molecule has 0 radical (unpaired) electrons. The molecule has 3 aromatic carbocycles. The first kappa shape index (κ1) is 18.0. The van der Waals surface area contributed by atoms with E-state index in [1.807, 2.05) is 0 Å². The van der Waals surface area contributed by atoms with E-state index < -0.39 is 8.07 Å². The van der Waals surface area contributed by atoms with E-state index >= 15 is 0 Å². The average molecular weight is 356 g/mol. The van der Waals surface area contributed by atoms with Gasteiger partial charge in [0, 0.05) is 19.1 Å². The predicted octanol–water partition coefficient (Wildman–Crippen LogP) is 3.00.